The average molecular weight is 338 g/mol. The Bertz CT molecular complexity index is 588. The van der Waals surface area contributed by atoms with Crippen molar-refractivity contribution in [2.75, 3.05) is 12.4 Å². The van der Waals surface area contributed by atoms with Crippen LogP contribution in [0.2, 0.25) is 0 Å². The topological polar surface area (TPSA) is 21.3 Å². The standard InChI is InChI=1S/C16H17BrFNO/c1-11(9-12-5-3-4-6-15(12)18)19-13-7-8-16(20-2)14(17)10-13/h3-8,10-11,19H,9H2,1-2H3. The molecular formula is C16H17BrFNO. The van der Waals surface area contributed by atoms with Crippen molar-refractivity contribution in [2.45, 2.75) is 19.4 Å². The van der Waals surface area contributed by atoms with Crippen LogP contribution in [0.5, 0.6) is 5.75 Å². The fourth-order valence-corrected chi connectivity index (χ4v) is 2.63. The van der Waals surface area contributed by atoms with Crippen molar-refractivity contribution in [2.24, 2.45) is 0 Å². The number of ether oxygens (including phenoxy) is 1. The highest BCUT2D eigenvalue weighted by Crippen LogP contribution is 2.28. The van der Waals surface area contributed by atoms with Gasteiger partial charge < -0.3 is 10.1 Å². The predicted molar refractivity (Wildman–Crippen MR) is 83.9 cm³/mol. The molecule has 1 atom stereocenters. The average Bonchev–Trinajstić information content (AvgIpc) is 2.41. The molecule has 0 aliphatic rings. The quantitative estimate of drug-likeness (QED) is 0.858. The van der Waals surface area contributed by atoms with Gasteiger partial charge >= 0.3 is 0 Å². The van der Waals surface area contributed by atoms with E-state index >= 15 is 0 Å². The van der Waals surface area contributed by atoms with Crippen molar-refractivity contribution in [1.29, 1.82) is 0 Å². The van der Waals surface area contributed by atoms with Crippen LogP contribution in [-0.2, 0) is 6.42 Å². The molecule has 2 rings (SSSR count). The van der Waals surface area contributed by atoms with Crippen LogP contribution in [0.4, 0.5) is 10.1 Å². The van der Waals surface area contributed by atoms with Crippen LogP contribution in [0.25, 0.3) is 0 Å². The summed E-state index contributed by atoms with van der Waals surface area (Å²) in [5.41, 5.74) is 1.70. The van der Waals surface area contributed by atoms with Crippen molar-refractivity contribution >= 4 is 21.6 Å². The molecule has 2 nitrogen and oxygen atoms in total. The molecule has 0 radical (unpaired) electrons. The van der Waals surface area contributed by atoms with Crippen molar-refractivity contribution in [3.63, 3.8) is 0 Å². The van der Waals surface area contributed by atoms with E-state index in [4.69, 9.17) is 4.74 Å². The molecule has 0 amide bonds. The summed E-state index contributed by atoms with van der Waals surface area (Å²) in [5, 5.41) is 3.36. The molecule has 0 aliphatic carbocycles. The largest absolute Gasteiger partial charge is 0.496 e. The molecule has 0 aliphatic heterocycles. The zero-order valence-electron chi connectivity index (χ0n) is 11.5. The molecule has 2 aromatic carbocycles. The first-order valence-electron chi connectivity index (χ1n) is 6.43. The Hall–Kier alpha value is -1.55. The first-order chi connectivity index (χ1) is 9.60. The van der Waals surface area contributed by atoms with Crippen LogP contribution < -0.4 is 10.1 Å². The van der Waals surface area contributed by atoms with E-state index in [-0.39, 0.29) is 11.9 Å². The van der Waals surface area contributed by atoms with Crippen LogP contribution >= 0.6 is 15.9 Å². The highest BCUT2D eigenvalue weighted by atomic mass is 79.9. The van der Waals surface area contributed by atoms with Gasteiger partial charge in [0.05, 0.1) is 11.6 Å². The second-order valence-corrected chi connectivity index (χ2v) is 5.54. The van der Waals surface area contributed by atoms with E-state index in [0.717, 1.165) is 21.5 Å². The fraction of sp³-hybridized carbons (Fsp3) is 0.250. The maximum atomic E-state index is 13.6. The van der Waals surface area contributed by atoms with Crippen molar-refractivity contribution in [3.8, 4) is 5.75 Å². The van der Waals surface area contributed by atoms with E-state index in [1.165, 1.54) is 6.07 Å². The minimum absolute atomic E-state index is 0.132. The molecule has 0 bridgehead atoms. The lowest BCUT2D eigenvalue weighted by molar-refractivity contribution is 0.412. The Morgan fingerprint density at radius 2 is 2.00 bits per heavy atom. The Labute approximate surface area is 127 Å². The monoisotopic (exact) mass is 337 g/mol. The Kier molecular flexibility index (Phi) is 5.01. The number of hydrogen-bond acceptors (Lipinski definition) is 2. The third-order valence-electron chi connectivity index (χ3n) is 3.05. The van der Waals surface area contributed by atoms with E-state index in [2.05, 4.69) is 21.2 Å². The van der Waals surface area contributed by atoms with Gasteiger partial charge in [-0.1, -0.05) is 18.2 Å². The number of methoxy groups -OCH3 is 1. The molecule has 20 heavy (non-hydrogen) atoms. The summed E-state index contributed by atoms with van der Waals surface area (Å²) < 4.78 is 19.7. The van der Waals surface area contributed by atoms with Crippen molar-refractivity contribution in [3.05, 3.63) is 58.3 Å². The van der Waals surface area contributed by atoms with Gasteiger partial charge in [0.1, 0.15) is 11.6 Å². The molecule has 2 aromatic rings. The Balaban J connectivity index is 2.03. The molecule has 0 aromatic heterocycles. The number of rotatable bonds is 5. The highest BCUT2D eigenvalue weighted by Gasteiger charge is 2.08. The van der Waals surface area contributed by atoms with Gasteiger partial charge in [-0.3, -0.25) is 0 Å². The fourth-order valence-electron chi connectivity index (χ4n) is 2.09. The van der Waals surface area contributed by atoms with E-state index in [9.17, 15) is 4.39 Å². The Morgan fingerprint density at radius 1 is 1.25 bits per heavy atom. The molecule has 4 heteroatoms. The lowest BCUT2D eigenvalue weighted by atomic mass is 10.1. The second kappa shape index (κ2) is 6.75. The smallest absolute Gasteiger partial charge is 0.133 e. The first kappa shape index (κ1) is 14.9. The molecule has 0 spiro atoms. The maximum Gasteiger partial charge on any atom is 0.133 e. The summed E-state index contributed by atoms with van der Waals surface area (Å²) in [6, 6.07) is 12.8. The van der Waals surface area contributed by atoms with E-state index in [0.29, 0.717) is 6.42 Å². The minimum Gasteiger partial charge on any atom is -0.496 e. The van der Waals surface area contributed by atoms with Gasteiger partial charge in [0.15, 0.2) is 0 Å². The lowest BCUT2D eigenvalue weighted by Crippen LogP contribution is -2.18. The van der Waals surface area contributed by atoms with Crippen molar-refractivity contribution < 1.29 is 9.13 Å². The summed E-state index contributed by atoms with van der Waals surface area (Å²) in [4.78, 5) is 0. The van der Waals surface area contributed by atoms with E-state index in [1.807, 2.05) is 37.3 Å². The van der Waals surface area contributed by atoms with E-state index in [1.54, 1.807) is 13.2 Å². The molecular weight excluding hydrogens is 321 g/mol. The molecule has 0 saturated carbocycles. The Morgan fingerprint density at radius 3 is 2.65 bits per heavy atom. The molecule has 0 heterocycles. The summed E-state index contributed by atoms with van der Waals surface area (Å²) in [5.74, 6) is 0.634. The maximum absolute atomic E-state index is 13.6. The molecule has 1 unspecified atom stereocenters. The van der Waals surface area contributed by atoms with Gasteiger partial charge in [-0.15, -0.1) is 0 Å². The van der Waals surface area contributed by atoms with Crippen LogP contribution in [0.1, 0.15) is 12.5 Å². The number of anilines is 1. The third kappa shape index (κ3) is 3.73. The number of benzene rings is 2. The SMILES string of the molecule is COc1ccc(NC(C)Cc2ccccc2F)cc1Br. The minimum atomic E-state index is -0.155. The molecule has 1 N–H and O–H groups in total. The normalized spacial score (nSPS) is 12.0. The molecule has 0 fully saturated rings. The molecule has 0 saturated heterocycles. The van der Waals surface area contributed by atoms with Crippen molar-refractivity contribution in [1.82, 2.24) is 0 Å². The van der Waals surface area contributed by atoms with Crippen LogP contribution in [0.3, 0.4) is 0 Å². The zero-order valence-corrected chi connectivity index (χ0v) is 13.1. The summed E-state index contributed by atoms with van der Waals surface area (Å²) in [6.45, 7) is 2.03. The third-order valence-corrected chi connectivity index (χ3v) is 3.67. The van der Waals surface area contributed by atoms with Gasteiger partial charge in [-0.25, -0.2) is 4.39 Å². The first-order valence-corrected chi connectivity index (χ1v) is 7.23. The van der Waals surface area contributed by atoms with E-state index < -0.39 is 0 Å². The van der Waals surface area contributed by atoms with Crippen LogP contribution in [0, 0.1) is 5.82 Å². The number of nitrogens with one attached hydrogen (secondary N) is 1. The van der Waals surface area contributed by atoms with Gasteiger partial charge in [0.25, 0.3) is 0 Å². The number of hydrogen-bond donors (Lipinski definition) is 1. The molecule has 106 valence electrons. The van der Waals surface area contributed by atoms with Gasteiger partial charge in [0, 0.05) is 11.7 Å². The van der Waals surface area contributed by atoms with Crippen LogP contribution in [0.15, 0.2) is 46.9 Å². The lowest BCUT2D eigenvalue weighted by Gasteiger charge is -2.16. The van der Waals surface area contributed by atoms with Gasteiger partial charge in [-0.2, -0.15) is 0 Å². The highest BCUT2D eigenvalue weighted by molar-refractivity contribution is 9.10. The summed E-state index contributed by atoms with van der Waals surface area (Å²) >= 11 is 3.45. The second-order valence-electron chi connectivity index (χ2n) is 4.69. The predicted octanol–water partition coefficient (Wildman–Crippen LogP) is 4.64. The summed E-state index contributed by atoms with van der Waals surface area (Å²) in [6.07, 6.45) is 0.635. The summed E-state index contributed by atoms with van der Waals surface area (Å²) in [7, 11) is 1.63. The van der Waals surface area contributed by atoms with Crippen LogP contribution in [-0.4, -0.2) is 13.2 Å². The number of halogens is 2. The van der Waals surface area contributed by atoms with Gasteiger partial charge in [0.2, 0.25) is 0 Å². The van der Waals surface area contributed by atoms with Gasteiger partial charge in [-0.05, 0) is 59.1 Å². The zero-order chi connectivity index (χ0) is 14.5.